The van der Waals surface area contributed by atoms with E-state index in [1.807, 2.05) is 51.2 Å². The molecular weight excluding hydrogens is 511 g/mol. The lowest BCUT2D eigenvalue weighted by atomic mass is 10.1. The molecule has 1 aromatic heterocycles. The summed E-state index contributed by atoms with van der Waals surface area (Å²) in [7, 11) is 0. The number of halogens is 1. The minimum absolute atomic E-state index is 0. The highest BCUT2D eigenvalue weighted by molar-refractivity contribution is 14.0. The fraction of sp³-hybridized carbons (Fsp3) is 0.545. The van der Waals surface area contributed by atoms with E-state index in [-0.39, 0.29) is 30.1 Å². The average Bonchev–Trinajstić information content (AvgIpc) is 3.10. The van der Waals surface area contributed by atoms with Gasteiger partial charge in [0.1, 0.15) is 5.75 Å². The highest BCUT2D eigenvalue weighted by atomic mass is 127. The van der Waals surface area contributed by atoms with Gasteiger partial charge in [-0.1, -0.05) is 26.0 Å². The standard InChI is InChI=1S/C22H34N4O2S.HI/c1-6-23-22(25-13-19-12-24-21(29-19)10-15(2)3)26-14-20(27)17-8-7-9-18(11-17)28-16(4)5;/h7-9,11-12,15-16,20,27H,6,10,13-14H2,1-5H3,(H2,23,25,26);1H. The summed E-state index contributed by atoms with van der Waals surface area (Å²) in [6.07, 6.45) is 2.35. The Morgan fingerprint density at radius 3 is 2.67 bits per heavy atom. The molecule has 0 spiro atoms. The molecule has 2 aromatic rings. The van der Waals surface area contributed by atoms with Crippen LogP contribution >= 0.6 is 35.3 Å². The van der Waals surface area contributed by atoms with Crippen LogP contribution in [0.5, 0.6) is 5.75 Å². The Balaban J connectivity index is 0.00000450. The molecule has 0 radical (unpaired) electrons. The third-order valence-corrected chi connectivity index (χ3v) is 5.00. The van der Waals surface area contributed by atoms with E-state index in [2.05, 4.69) is 34.5 Å². The summed E-state index contributed by atoms with van der Waals surface area (Å²) in [5, 5.41) is 18.2. The summed E-state index contributed by atoms with van der Waals surface area (Å²) in [5.41, 5.74) is 0.812. The van der Waals surface area contributed by atoms with Gasteiger partial charge < -0.3 is 20.5 Å². The molecule has 0 saturated carbocycles. The normalized spacial score (nSPS) is 12.6. The molecule has 1 unspecified atom stereocenters. The first kappa shape index (κ1) is 26.6. The number of aliphatic hydroxyl groups is 1. The van der Waals surface area contributed by atoms with Crippen molar-refractivity contribution in [3.63, 3.8) is 0 Å². The van der Waals surface area contributed by atoms with Gasteiger partial charge in [0.25, 0.3) is 0 Å². The van der Waals surface area contributed by atoms with Crippen molar-refractivity contribution in [2.75, 3.05) is 13.1 Å². The number of nitrogens with zero attached hydrogens (tertiary/aromatic N) is 2. The number of aromatic nitrogens is 1. The summed E-state index contributed by atoms with van der Waals surface area (Å²) in [5.74, 6) is 2.04. The summed E-state index contributed by atoms with van der Waals surface area (Å²) in [4.78, 5) is 10.2. The van der Waals surface area contributed by atoms with E-state index in [1.165, 1.54) is 0 Å². The molecule has 0 aliphatic rings. The predicted octanol–water partition coefficient (Wildman–Crippen LogP) is 4.54. The molecule has 1 atom stereocenters. The van der Waals surface area contributed by atoms with E-state index >= 15 is 0 Å². The molecular formula is C22H35IN4O2S. The molecule has 1 heterocycles. The summed E-state index contributed by atoms with van der Waals surface area (Å²) >= 11 is 1.71. The van der Waals surface area contributed by atoms with Crippen molar-refractivity contribution in [2.45, 2.75) is 59.8 Å². The van der Waals surface area contributed by atoms with Crippen LogP contribution in [0, 0.1) is 5.92 Å². The second-order valence-electron chi connectivity index (χ2n) is 7.65. The molecule has 30 heavy (non-hydrogen) atoms. The number of guanidine groups is 1. The molecule has 8 heteroatoms. The van der Waals surface area contributed by atoms with Gasteiger partial charge in [0.05, 0.1) is 23.8 Å². The third-order valence-electron chi connectivity index (χ3n) is 4.00. The highest BCUT2D eigenvalue weighted by Crippen LogP contribution is 2.20. The van der Waals surface area contributed by atoms with E-state index in [0.717, 1.165) is 34.2 Å². The minimum Gasteiger partial charge on any atom is -0.491 e. The van der Waals surface area contributed by atoms with Gasteiger partial charge in [-0.05, 0) is 44.4 Å². The molecule has 168 valence electrons. The number of hydrogen-bond donors (Lipinski definition) is 3. The van der Waals surface area contributed by atoms with Gasteiger partial charge in [-0.2, -0.15) is 0 Å². The first-order valence-electron chi connectivity index (χ1n) is 10.3. The SMILES string of the molecule is CCNC(=NCc1cnc(CC(C)C)s1)NCC(O)c1cccc(OC(C)C)c1.I. The summed E-state index contributed by atoms with van der Waals surface area (Å²) in [6, 6.07) is 7.58. The van der Waals surface area contributed by atoms with Gasteiger partial charge in [0.2, 0.25) is 0 Å². The first-order chi connectivity index (χ1) is 13.9. The maximum Gasteiger partial charge on any atom is 0.191 e. The average molecular weight is 547 g/mol. The van der Waals surface area contributed by atoms with Crippen molar-refractivity contribution in [3.05, 3.63) is 45.9 Å². The molecule has 0 saturated heterocycles. The van der Waals surface area contributed by atoms with Gasteiger partial charge in [-0.15, -0.1) is 35.3 Å². The maximum absolute atomic E-state index is 10.6. The second-order valence-corrected chi connectivity index (χ2v) is 8.85. The second kappa shape index (κ2) is 13.8. The largest absolute Gasteiger partial charge is 0.491 e. The van der Waals surface area contributed by atoms with Crippen LogP contribution in [0.4, 0.5) is 0 Å². The van der Waals surface area contributed by atoms with Crippen molar-refractivity contribution in [1.82, 2.24) is 15.6 Å². The third kappa shape index (κ3) is 9.61. The summed E-state index contributed by atoms with van der Waals surface area (Å²) in [6.45, 7) is 12.1. The lowest BCUT2D eigenvalue weighted by Crippen LogP contribution is -2.39. The molecule has 1 aromatic carbocycles. The number of benzene rings is 1. The van der Waals surface area contributed by atoms with E-state index in [4.69, 9.17) is 4.74 Å². The van der Waals surface area contributed by atoms with Crippen molar-refractivity contribution in [2.24, 2.45) is 10.9 Å². The molecule has 0 fully saturated rings. The highest BCUT2D eigenvalue weighted by Gasteiger charge is 2.11. The monoisotopic (exact) mass is 546 g/mol. The van der Waals surface area contributed by atoms with Crippen LogP contribution in [0.1, 0.15) is 56.2 Å². The number of aliphatic imine (C=N–C) groups is 1. The molecule has 0 bridgehead atoms. The van der Waals surface area contributed by atoms with Crippen LogP contribution in [0.2, 0.25) is 0 Å². The predicted molar refractivity (Wildman–Crippen MR) is 136 cm³/mol. The van der Waals surface area contributed by atoms with Crippen LogP contribution in [0.15, 0.2) is 35.5 Å². The van der Waals surface area contributed by atoms with Crippen molar-refractivity contribution in [3.8, 4) is 5.75 Å². The molecule has 0 aliphatic heterocycles. The Hall–Kier alpha value is -1.39. The van der Waals surface area contributed by atoms with Gasteiger partial charge in [-0.25, -0.2) is 9.98 Å². The van der Waals surface area contributed by atoms with Crippen molar-refractivity contribution >= 4 is 41.3 Å². The Bertz CT molecular complexity index is 780. The zero-order chi connectivity index (χ0) is 21.2. The fourth-order valence-electron chi connectivity index (χ4n) is 2.74. The van der Waals surface area contributed by atoms with Crippen LogP contribution in [-0.4, -0.2) is 35.2 Å². The van der Waals surface area contributed by atoms with Gasteiger partial charge >= 0.3 is 0 Å². The Morgan fingerprint density at radius 2 is 2.00 bits per heavy atom. The molecule has 3 N–H and O–H groups in total. The number of ether oxygens (including phenoxy) is 1. The van der Waals surface area contributed by atoms with Gasteiger partial charge in [0.15, 0.2) is 5.96 Å². The zero-order valence-electron chi connectivity index (χ0n) is 18.5. The quantitative estimate of drug-likeness (QED) is 0.232. The van der Waals surface area contributed by atoms with Crippen LogP contribution in [0.3, 0.4) is 0 Å². The van der Waals surface area contributed by atoms with Gasteiger partial charge in [0, 0.05) is 30.6 Å². The topological polar surface area (TPSA) is 78.8 Å². The Labute approximate surface area is 201 Å². The zero-order valence-corrected chi connectivity index (χ0v) is 21.7. The number of nitrogens with one attached hydrogen (secondary N) is 2. The number of hydrogen-bond acceptors (Lipinski definition) is 5. The van der Waals surface area contributed by atoms with Crippen molar-refractivity contribution < 1.29 is 9.84 Å². The Kier molecular flexibility index (Phi) is 12.3. The van der Waals surface area contributed by atoms with E-state index in [1.54, 1.807) is 11.3 Å². The first-order valence-corrected chi connectivity index (χ1v) is 11.1. The van der Waals surface area contributed by atoms with Gasteiger partial charge in [-0.3, -0.25) is 0 Å². The van der Waals surface area contributed by atoms with E-state index in [0.29, 0.717) is 25.0 Å². The lowest BCUT2D eigenvalue weighted by molar-refractivity contribution is 0.179. The van der Waals surface area contributed by atoms with Crippen LogP contribution in [-0.2, 0) is 13.0 Å². The maximum atomic E-state index is 10.6. The molecule has 2 rings (SSSR count). The van der Waals surface area contributed by atoms with E-state index in [9.17, 15) is 5.11 Å². The fourth-order valence-corrected chi connectivity index (χ4v) is 3.80. The number of thiazole rings is 1. The smallest absolute Gasteiger partial charge is 0.191 e. The molecule has 0 aliphatic carbocycles. The molecule has 6 nitrogen and oxygen atoms in total. The number of rotatable bonds is 10. The minimum atomic E-state index is -0.657. The molecule has 0 amide bonds. The van der Waals surface area contributed by atoms with Crippen LogP contribution in [0.25, 0.3) is 0 Å². The van der Waals surface area contributed by atoms with Crippen LogP contribution < -0.4 is 15.4 Å². The lowest BCUT2D eigenvalue weighted by Gasteiger charge is -2.17. The Morgan fingerprint density at radius 1 is 1.23 bits per heavy atom. The summed E-state index contributed by atoms with van der Waals surface area (Å²) < 4.78 is 5.71. The van der Waals surface area contributed by atoms with E-state index < -0.39 is 6.10 Å². The number of aliphatic hydroxyl groups excluding tert-OH is 1. The van der Waals surface area contributed by atoms with Crippen molar-refractivity contribution in [1.29, 1.82) is 0 Å².